The minimum Gasteiger partial charge on any atom is -0.507 e. The van der Waals surface area contributed by atoms with Crippen molar-refractivity contribution in [2.45, 2.75) is 24.5 Å². The number of anilines is 1. The van der Waals surface area contributed by atoms with Crippen LogP contribution in [-0.4, -0.2) is 38.2 Å². The highest BCUT2D eigenvalue weighted by Crippen LogP contribution is 2.55. The standard InChI is InChI=1S/C21H19NO6/c1-3-21(27)7-10-13(11(23)8-21)17(22)15-16(19(10)25)18(24)9-5-4-6-12(28-2)14(9)20(15)26/h1,4-6,11,23-27H,7-8,22H2,2H3/t11-,21-/m0/s1. The summed E-state index contributed by atoms with van der Waals surface area (Å²) in [5, 5.41) is 54.1. The van der Waals surface area contributed by atoms with Crippen LogP contribution in [0.3, 0.4) is 0 Å². The third-order valence-corrected chi connectivity index (χ3v) is 5.47. The van der Waals surface area contributed by atoms with Crippen molar-refractivity contribution in [2.75, 3.05) is 12.8 Å². The first-order valence-corrected chi connectivity index (χ1v) is 8.59. The molecule has 3 aromatic carbocycles. The van der Waals surface area contributed by atoms with Crippen LogP contribution >= 0.6 is 0 Å². The Kier molecular flexibility index (Phi) is 3.76. The molecule has 3 aromatic rings. The van der Waals surface area contributed by atoms with Gasteiger partial charge in [-0.15, -0.1) is 6.42 Å². The van der Waals surface area contributed by atoms with Crippen molar-refractivity contribution in [3.63, 3.8) is 0 Å². The number of methoxy groups -OCH3 is 1. The maximum Gasteiger partial charge on any atom is 0.137 e. The Balaban J connectivity index is 2.23. The van der Waals surface area contributed by atoms with Crippen molar-refractivity contribution < 1.29 is 30.3 Å². The summed E-state index contributed by atoms with van der Waals surface area (Å²) in [5.74, 6) is 1.55. The first-order chi connectivity index (χ1) is 13.2. The van der Waals surface area contributed by atoms with E-state index in [1.807, 2.05) is 0 Å². The van der Waals surface area contributed by atoms with Gasteiger partial charge in [0.2, 0.25) is 0 Å². The van der Waals surface area contributed by atoms with E-state index in [0.29, 0.717) is 5.75 Å². The lowest BCUT2D eigenvalue weighted by Gasteiger charge is -2.34. The molecular formula is C21H19NO6. The van der Waals surface area contributed by atoms with Crippen LogP contribution in [0.5, 0.6) is 23.0 Å². The molecule has 144 valence electrons. The largest absolute Gasteiger partial charge is 0.507 e. The lowest BCUT2D eigenvalue weighted by atomic mass is 9.76. The van der Waals surface area contributed by atoms with Gasteiger partial charge in [0, 0.05) is 35.0 Å². The molecule has 0 heterocycles. The van der Waals surface area contributed by atoms with Gasteiger partial charge in [-0.05, 0) is 6.07 Å². The molecule has 0 unspecified atom stereocenters. The van der Waals surface area contributed by atoms with E-state index in [1.165, 1.54) is 7.11 Å². The van der Waals surface area contributed by atoms with Gasteiger partial charge in [-0.25, -0.2) is 0 Å². The summed E-state index contributed by atoms with van der Waals surface area (Å²) in [4.78, 5) is 0. The summed E-state index contributed by atoms with van der Waals surface area (Å²) in [6.45, 7) is 0. The second kappa shape index (κ2) is 5.83. The van der Waals surface area contributed by atoms with Crippen molar-refractivity contribution >= 4 is 27.2 Å². The molecule has 0 spiro atoms. The Labute approximate surface area is 160 Å². The number of phenolic OH excluding ortho intramolecular Hbond substituents is 3. The summed E-state index contributed by atoms with van der Waals surface area (Å²) in [6, 6.07) is 4.81. The molecule has 0 radical (unpaired) electrons. The summed E-state index contributed by atoms with van der Waals surface area (Å²) in [6.07, 6.45) is 3.81. The van der Waals surface area contributed by atoms with E-state index in [2.05, 4.69) is 5.92 Å². The number of aliphatic hydroxyl groups excluding tert-OH is 1. The number of ether oxygens (including phenoxy) is 1. The normalized spacial score (nSPS) is 21.4. The maximum atomic E-state index is 10.9. The highest BCUT2D eigenvalue weighted by atomic mass is 16.5. The zero-order valence-electron chi connectivity index (χ0n) is 15.0. The molecule has 0 aromatic heterocycles. The van der Waals surface area contributed by atoms with E-state index >= 15 is 0 Å². The van der Waals surface area contributed by atoms with E-state index in [9.17, 15) is 25.5 Å². The van der Waals surface area contributed by atoms with E-state index in [4.69, 9.17) is 16.9 Å². The van der Waals surface area contributed by atoms with E-state index in [1.54, 1.807) is 18.2 Å². The number of aromatic hydroxyl groups is 3. The molecule has 1 aliphatic rings. The predicted octanol–water partition coefficient (Wildman–Crippen LogP) is 2.04. The molecule has 0 fully saturated rings. The van der Waals surface area contributed by atoms with Crippen molar-refractivity contribution in [3.8, 4) is 35.3 Å². The van der Waals surface area contributed by atoms with Gasteiger partial charge in [-0.3, -0.25) is 0 Å². The Bertz CT molecular complexity index is 1200. The van der Waals surface area contributed by atoms with Crippen molar-refractivity contribution in [1.29, 1.82) is 0 Å². The quantitative estimate of drug-likeness (QED) is 0.164. The molecule has 4 rings (SSSR count). The summed E-state index contributed by atoms with van der Waals surface area (Å²) >= 11 is 0. The Hall–Kier alpha value is -3.34. The minimum absolute atomic E-state index is 0.00375. The monoisotopic (exact) mass is 381 g/mol. The number of hydrogen-bond acceptors (Lipinski definition) is 7. The molecule has 1 aliphatic carbocycles. The van der Waals surface area contributed by atoms with Gasteiger partial charge in [0.1, 0.15) is 28.6 Å². The fraction of sp³-hybridized carbons (Fsp3) is 0.238. The van der Waals surface area contributed by atoms with Crippen LogP contribution in [0.2, 0.25) is 0 Å². The summed E-state index contributed by atoms with van der Waals surface area (Å²) in [7, 11) is 1.42. The fourth-order valence-corrected chi connectivity index (χ4v) is 4.16. The lowest BCUT2D eigenvalue weighted by molar-refractivity contribution is 0.0216. The number of benzene rings is 3. The molecule has 0 aliphatic heterocycles. The first kappa shape index (κ1) is 18.0. The summed E-state index contributed by atoms with van der Waals surface area (Å²) in [5.41, 5.74) is 4.91. The second-order valence-electron chi connectivity index (χ2n) is 7.06. The number of terminal acetylenes is 1. The molecule has 2 atom stereocenters. The molecular weight excluding hydrogens is 362 g/mol. The number of fused-ring (bicyclic) bond motifs is 3. The highest BCUT2D eigenvalue weighted by molar-refractivity contribution is 6.18. The Morgan fingerprint density at radius 3 is 2.50 bits per heavy atom. The number of rotatable bonds is 1. The number of aliphatic hydroxyl groups is 2. The van der Waals surface area contributed by atoms with E-state index in [0.717, 1.165) is 0 Å². The van der Waals surface area contributed by atoms with Crippen LogP contribution in [0.1, 0.15) is 23.7 Å². The molecule has 0 amide bonds. The third kappa shape index (κ3) is 2.19. The maximum absolute atomic E-state index is 10.9. The SMILES string of the molecule is C#C[C@]1(O)Cc2c(c(N)c3c(O)c4c(OC)cccc4c(O)c3c2O)[C@@H](O)C1. The van der Waals surface area contributed by atoms with Crippen molar-refractivity contribution in [3.05, 3.63) is 29.3 Å². The Morgan fingerprint density at radius 2 is 1.86 bits per heavy atom. The van der Waals surface area contributed by atoms with Crippen molar-refractivity contribution in [2.24, 2.45) is 0 Å². The van der Waals surface area contributed by atoms with Crippen LogP contribution in [0, 0.1) is 12.3 Å². The van der Waals surface area contributed by atoms with E-state index in [-0.39, 0.29) is 62.7 Å². The summed E-state index contributed by atoms with van der Waals surface area (Å²) < 4.78 is 5.28. The van der Waals surface area contributed by atoms with Crippen LogP contribution in [0.4, 0.5) is 5.69 Å². The third-order valence-electron chi connectivity index (χ3n) is 5.47. The predicted molar refractivity (Wildman–Crippen MR) is 104 cm³/mol. The van der Waals surface area contributed by atoms with Gasteiger partial charge in [0.05, 0.1) is 29.4 Å². The minimum atomic E-state index is -1.66. The average Bonchev–Trinajstić information content (AvgIpc) is 2.67. The van der Waals surface area contributed by atoms with Gasteiger partial charge in [-0.1, -0.05) is 18.1 Å². The zero-order valence-corrected chi connectivity index (χ0v) is 15.0. The molecule has 7 heteroatoms. The van der Waals surface area contributed by atoms with Gasteiger partial charge >= 0.3 is 0 Å². The average molecular weight is 381 g/mol. The van der Waals surface area contributed by atoms with E-state index < -0.39 is 17.5 Å². The van der Waals surface area contributed by atoms with Gasteiger partial charge in [-0.2, -0.15) is 0 Å². The number of hydrogen-bond donors (Lipinski definition) is 6. The van der Waals surface area contributed by atoms with Gasteiger partial charge in [0.25, 0.3) is 0 Å². The fourth-order valence-electron chi connectivity index (χ4n) is 4.16. The van der Waals surface area contributed by atoms with Crippen molar-refractivity contribution in [1.82, 2.24) is 0 Å². The highest BCUT2D eigenvalue weighted by Gasteiger charge is 2.40. The lowest BCUT2D eigenvalue weighted by Crippen LogP contribution is -2.36. The van der Waals surface area contributed by atoms with Crippen LogP contribution in [0.25, 0.3) is 21.5 Å². The zero-order chi connectivity index (χ0) is 20.4. The number of nitrogens with two attached hydrogens (primary N) is 1. The molecule has 0 bridgehead atoms. The topological polar surface area (TPSA) is 136 Å². The molecule has 0 saturated carbocycles. The number of phenols is 3. The van der Waals surface area contributed by atoms with Gasteiger partial charge in [0.15, 0.2) is 0 Å². The van der Waals surface area contributed by atoms with Crippen LogP contribution in [0.15, 0.2) is 18.2 Å². The second-order valence-corrected chi connectivity index (χ2v) is 7.06. The van der Waals surface area contributed by atoms with Crippen LogP contribution < -0.4 is 10.5 Å². The van der Waals surface area contributed by atoms with Gasteiger partial charge < -0.3 is 36.0 Å². The smallest absolute Gasteiger partial charge is 0.137 e. The molecule has 28 heavy (non-hydrogen) atoms. The van der Waals surface area contributed by atoms with Crippen LogP contribution in [-0.2, 0) is 6.42 Å². The first-order valence-electron chi connectivity index (χ1n) is 8.59. The number of nitrogen functional groups attached to an aromatic ring is 1. The molecule has 7 N–H and O–H groups in total. The Morgan fingerprint density at radius 1 is 1.14 bits per heavy atom. The molecule has 0 saturated heterocycles. The molecule has 7 nitrogen and oxygen atoms in total.